The number of rotatable bonds is 6. The molecule has 27 heavy (non-hydrogen) atoms. The van der Waals surface area contributed by atoms with Gasteiger partial charge in [0.15, 0.2) is 5.75 Å². The molecule has 5 nitrogen and oxygen atoms in total. The van der Waals surface area contributed by atoms with Gasteiger partial charge >= 0.3 is 5.16 Å². The molecule has 4 aromatic rings. The molecule has 0 bridgehead atoms. The Balaban J connectivity index is 1.45. The fourth-order valence-electron chi connectivity index (χ4n) is 2.63. The van der Waals surface area contributed by atoms with E-state index in [0.717, 1.165) is 11.1 Å². The number of halogens is 1. The van der Waals surface area contributed by atoms with Crippen molar-refractivity contribution in [1.82, 2.24) is 15.0 Å². The Hall–Kier alpha value is -2.54. The van der Waals surface area contributed by atoms with E-state index >= 15 is 0 Å². The van der Waals surface area contributed by atoms with Gasteiger partial charge in [-0.1, -0.05) is 41.9 Å². The average Bonchev–Trinajstić information content (AvgIpc) is 3.11. The third kappa shape index (κ3) is 4.42. The maximum Gasteiger partial charge on any atom is 0.322 e. The van der Waals surface area contributed by atoms with Crippen molar-refractivity contribution < 1.29 is 9.29 Å². The summed E-state index contributed by atoms with van der Waals surface area (Å²) in [5, 5.41) is 1.00. The molecule has 0 aliphatic carbocycles. The molecule has 2 aromatic carbocycles. The van der Waals surface area contributed by atoms with Crippen molar-refractivity contribution in [3.8, 4) is 5.75 Å². The van der Waals surface area contributed by atoms with Gasteiger partial charge in [0.25, 0.3) is 0 Å². The lowest BCUT2D eigenvalue weighted by molar-refractivity contribution is 0.305. The van der Waals surface area contributed by atoms with E-state index in [1.54, 1.807) is 30.5 Å². The molecule has 2 aromatic heterocycles. The van der Waals surface area contributed by atoms with Crippen LogP contribution in [0, 0.1) is 0 Å². The highest BCUT2D eigenvalue weighted by Crippen LogP contribution is 2.22. The summed E-state index contributed by atoms with van der Waals surface area (Å²) >= 11 is 4.63. The van der Waals surface area contributed by atoms with Crippen LogP contribution in [0.25, 0.3) is 11.0 Å². The van der Waals surface area contributed by atoms with Gasteiger partial charge in [-0.05, 0) is 29.8 Å². The van der Waals surface area contributed by atoms with Crippen molar-refractivity contribution in [3.63, 3.8) is 0 Å². The molecule has 0 spiro atoms. The average molecular weight is 398 g/mol. The van der Waals surface area contributed by atoms with E-state index in [1.807, 2.05) is 36.4 Å². The monoisotopic (exact) mass is 397 g/mol. The Morgan fingerprint density at radius 2 is 1.93 bits per heavy atom. The normalized spacial score (nSPS) is 12.2. The number of nitrogens with one attached hydrogen (secondary N) is 1. The number of pyridine rings is 1. The van der Waals surface area contributed by atoms with Crippen molar-refractivity contribution in [2.24, 2.45) is 0 Å². The minimum atomic E-state index is -1.35. The van der Waals surface area contributed by atoms with Gasteiger partial charge < -0.3 is 9.29 Å². The first-order valence-electron chi connectivity index (χ1n) is 8.33. The number of H-pyrrole nitrogens is 1. The van der Waals surface area contributed by atoms with Crippen molar-refractivity contribution in [3.05, 3.63) is 83.1 Å². The summed E-state index contributed by atoms with van der Waals surface area (Å²) in [4.78, 5) is 11.7. The van der Waals surface area contributed by atoms with Gasteiger partial charge in [0.2, 0.25) is 0 Å². The van der Waals surface area contributed by atoms with Crippen LogP contribution in [0.5, 0.6) is 5.75 Å². The molecule has 0 amide bonds. The molecule has 1 unspecified atom stereocenters. The number of benzene rings is 2. The van der Waals surface area contributed by atoms with Crippen LogP contribution in [0.1, 0.15) is 11.3 Å². The van der Waals surface area contributed by atoms with Crippen LogP contribution in [0.3, 0.4) is 0 Å². The smallest absolute Gasteiger partial charge is 0.322 e. The maximum absolute atomic E-state index is 12.7. The highest BCUT2D eigenvalue weighted by molar-refractivity contribution is 7.90. The molecule has 0 aliphatic rings. The predicted octanol–water partition coefficient (Wildman–Crippen LogP) is 4.50. The minimum absolute atomic E-state index is 0.246. The quantitative estimate of drug-likeness (QED) is 0.486. The van der Waals surface area contributed by atoms with Crippen LogP contribution in [0.2, 0.25) is 5.02 Å². The van der Waals surface area contributed by atoms with Crippen LogP contribution < -0.4 is 4.74 Å². The van der Waals surface area contributed by atoms with E-state index in [2.05, 4.69) is 15.0 Å². The SMILES string of the molecule is [O-][S+](Cc1cc(OCc2ccccc2)ccn1)c1nc2cc(Cl)ccc2[nH]1. The summed E-state index contributed by atoms with van der Waals surface area (Å²) in [6.07, 6.45) is 1.66. The molecule has 2 heterocycles. The number of hydrogen-bond donors (Lipinski definition) is 1. The Morgan fingerprint density at radius 3 is 2.78 bits per heavy atom. The number of ether oxygens (including phenoxy) is 1. The van der Waals surface area contributed by atoms with E-state index in [4.69, 9.17) is 16.3 Å². The van der Waals surface area contributed by atoms with Crippen molar-refractivity contribution in [2.75, 3.05) is 0 Å². The summed E-state index contributed by atoms with van der Waals surface area (Å²) in [5.41, 5.74) is 3.26. The zero-order chi connectivity index (χ0) is 18.6. The Kier molecular flexibility index (Phi) is 5.29. The lowest BCUT2D eigenvalue weighted by Crippen LogP contribution is -2.08. The van der Waals surface area contributed by atoms with Crippen molar-refractivity contribution >= 4 is 33.8 Å². The molecule has 1 atom stereocenters. The fraction of sp³-hybridized carbons (Fsp3) is 0.100. The first-order valence-corrected chi connectivity index (χ1v) is 10.0. The molecule has 1 N–H and O–H groups in total. The summed E-state index contributed by atoms with van der Waals surface area (Å²) in [7, 11) is 0. The van der Waals surface area contributed by atoms with E-state index < -0.39 is 11.2 Å². The largest absolute Gasteiger partial charge is 0.609 e. The Bertz CT molecular complexity index is 1060. The third-order valence-electron chi connectivity index (χ3n) is 3.95. The summed E-state index contributed by atoms with van der Waals surface area (Å²) in [6, 6.07) is 18.8. The van der Waals surface area contributed by atoms with Crippen molar-refractivity contribution in [2.45, 2.75) is 17.5 Å². The first-order chi connectivity index (χ1) is 13.2. The van der Waals surface area contributed by atoms with Crippen LogP contribution in [-0.4, -0.2) is 19.5 Å². The number of aromatic nitrogens is 3. The lowest BCUT2D eigenvalue weighted by atomic mass is 10.2. The van der Waals surface area contributed by atoms with Crippen LogP contribution in [0.4, 0.5) is 0 Å². The van der Waals surface area contributed by atoms with Gasteiger partial charge in [0.1, 0.15) is 12.4 Å². The van der Waals surface area contributed by atoms with Gasteiger partial charge in [-0.25, -0.2) is 0 Å². The number of hydrogen-bond acceptors (Lipinski definition) is 4. The standard InChI is InChI=1S/C20H16ClN3O2S/c21-15-6-7-18-19(10-15)24-20(23-18)27(25)13-16-11-17(8-9-22-16)26-12-14-4-2-1-3-5-14/h1-11H,12-13H2,(H,23,24). The van der Waals surface area contributed by atoms with Gasteiger partial charge in [-0.2, -0.15) is 4.98 Å². The summed E-state index contributed by atoms with van der Waals surface area (Å²) < 4.78 is 18.5. The van der Waals surface area contributed by atoms with Gasteiger partial charge in [0, 0.05) is 28.5 Å². The first kappa shape index (κ1) is 17.9. The highest BCUT2D eigenvalue weighted by atomic mass is 35.5. The molecular formula is C20H16ClN3O2S. The molecule has 0 radical (unpaired) electrons. The second-order valence-corrected chi connectivity index (χ2v) is 7.75. The van der Waals surface area contributed by atoms with E-state index in [-0.39, 0.29) is 5.75 Å². The van der Waals surface area contributed by atoms with Crippen molar-refractivity contribution in [1.29, 1.82) is 0 Å². The zero-order valence-corrected chi connectivity index (χ0v) is 15.8. The molecular weight excluding hydrogens is 382 g/mol. The van der Waals surface area contributed by atoms with Crippen LogP contribution in [0.15, 0.2) is 72.0 Å². The molecule has 136 valence electrons. The molecule has 4 rings (SSSR count). The number of fused-ring (bicyclic) bond motifs is 1. The van der Waals surface area contributed by atoms with E-state index in [1.165, 1.54) is 0 Å². The van der Waals surface area contributed by atoms with E-state index in [9.17, 15) is 4.55 Å². The van der Waals surface area contributed by atoms with Gasteiger partial charge in [-0.3, -0.25) is 9.97 Å². The number of imidazole rings is 1. The lowest BCUT2D eigenvalue weighted by Gasteiger charge is -2.09. The molecule has 0 saturated heterocycles. The zero-order valence-electron chi connectivity index (χ0n) is 14.3. The molecule has 0 saturated carbocycles. The molecule has 0 fully saturated rings. The third-order valence-corrected chi connectivity index (χ3v) is 5.37. The van der Waals surface area contributed by atoms with Crippen LogP contribution in [-0.2, 0) is 23.5 Å². The second-order valence-electron chi connectivity index (χ2n) is 5.95. The van der Waals surface area contributed by atoms with Crippen LogP contribution >= 0.6 is 11.6 Å². The minimum Gasteiger partial charge on any atom is -0.609 e. The Labute approximate surface area is 164 Å². The summed E-state index contributed by atoms with van der Waals surface area (Å²) in [5.74, 6) is 0.938. The highest BCUT2D eigenvalue weighted by Gasteiger charge is 2.18. The second kappa shape index (κ2) is 8.00. The van der Waals surface area contributed by atoms with E-state index in [0.29, 0.717) is 33.7 Å². The van der Waals surface area contributed by atoms with Gasteiger partial charge in [-0.15, -0.1) is 0 Å². The molecule has 7 heteroatoms. The maximum atomic E-state index is 12.7. The summed E-state index contributed by atoms with van der Waals surface area (Å²) in [6.45, 7) is 0.470. The fourth-order valence-corrected chi connectivity index (χ4v) is 3.79. The number of nitrogens with zero attached hydrogens (tertiary/aromatic N) is 2. The topological polar surface area (TPSA) is 73.9 Å². The molecule has 0 aliphatic heterocycles. The van der Waals surface area contributed by atoms with Gasteiger partial charge in [0.05, 0.1) is 16.7 Å². The Morgan fingerprint density at radius 1 is 1.07 bits per heavy atom. The number of aromatic amines is 1. The predicted molar refractivity (Wildman–Crippen MR) is 106 cm³/mol.